The van der Waals surface area contributed by atoms with Gasteiger partial charge >= 0.3 is 12.1 Å². The number of primary amides is 1. The van der Waals surface area contributed by atoms with Crippen LogP contribution in [0.4, 0.5) is 4.79 Å². The Bertz CT molecular complexity index is 278. The summed E-state index contributed by atoms with van der Waals surface area (Å²) in [6.07, 6.45) is -0.0612. The lowest BCUT2D eigenvalue weighted by Gasteiger charge is -2.33. The predicted octanol–water partition coefficient (Wildman–Crippen LogP) is 1.08. The van der Waals surface area contributed by atoms with Crippen LogP contribution in [-0.2, 0) is 14.4 Å². The Morgan fingerprint density at radius 1 is 1.25 bits per heavy atom. The Morgan fingerprint density at radius 2 is 1.75 bits per heavy atom. The molecule has 6 nitrogen and oxygen atoms in total. The van der Waals surface area contributed by atoms with Crippen molar-refractivity contribution in [2.45, 2.75) is 46.1 Å². The molecular formula is C10H20N2O4. The second-order valence-corrected chi connectivity index (χ2v) is 4.68. The van der Waals surface area contributed by atoms with Gasteiger partial charge in [0.2, 0.25) is 0 Å². The van der Waals surface area contributed by atoms with Crippen molar-refractivity contribution in [1.82, 2.24) is 0 Å². The number of ether oxygens (including phenoxy) is 1. The van der Waals surface area contributed by atoms with Crippen LogP contribution in [0.1, 0.15) is 40.5 Å². The van der Waals surface area contributed by atoms with E-state index in [2.05, 4.69) is 4.84 Å². The van der Waals surface area contributed by atoms with E-state index in [1.54, 1.807) is 20.8 Å². The zero-order valence-electron chi connectivity index (χ0n) is 10.2. The molecule has 0 aliphatic carbocycles. The average Bonchev–Trinajstić information content (AvgIpc) is 2.13. The van der Waals surface area contributed by atoms with Crippen LogP contribution in [0.2, 0.25) is 0 Å². The zero-order valence-corrected chi connectivity index (χ0v) is 10.2. The minimum atomic E-state index is -0.871. The lowest BCUT2D eigenvalue weighted by atomic mass is 9.78. The fraction of sp³-hybridized carbons (Fsp3) is 0.800. The van der Waals surface area contributed by atoms with Gasteiger partial charge in [0, 0.05) is 6.42 Å². The lowest BCUT2D eigenvalue weighted by molar-refractivity contribution is -0.159. The summed E-state index contributed by atoms with van der Waals surface area (Å²) in [6.45, 7) is 6.89. The molecule has 0 aliphatic rings. The summed E-state index contributed by atoms with van der Waals surface area (Å²) in [5.74, 6) is 4.34. The van der Waals surface area contributed by atoms with Gasteiger partial charge in [-0.25, -0.2) is 9.59 Å². The number of hydrogen-bond acceptors (Lipinski definition) is 5. The van der Waals surface area contributed by atoms with E-state index in [0.717, 1.165) is 0 Å². The topological polar surface area (TPSA) is 105 Å². The van der Waals surface area contributed by atoms with Crippen LogP contribution in [-0.4, -0.2) is 17.7 Å². The normalized spacial score (nSPS) is 15.1. The minimum Gasteiger partial charge on any atom is -0.444 e. The largest absolute Gasteiger partial charge is 0.444 e. The maximum atomic E-state index is 11.5. The van der Waals surface area contributed by atoms with Crippen LogP contribution in [0.5, 0.6) is 0 Å². The van der Waals surface area contributed by atoms with Gasteiger partial charge in [-0.1, -0.05) is 6.92 Å². The highest BCUT2D eigenvalue weighted by Crippen LogP contribution is 2.34. The van der Waals surface area contributed by atoms with Crippen molar-refractivity contribution in [2.24, 2.45) is 17.0 Å². The number of carbonyl (C=O) groups is 2. The van der Waals surface area contributed by atoms with Crippen LogP contribution >= 0.6 is 0 Å². The molecule has 94 valence electrons. The van der Waals surface area contributed by atoms with Crippen molar-refractivity contribution in [3.8, 4) is 0 Å². The molecule has 4 N–H and O–H groups in total. The third-order valence-electron chi connectivity index (χ3n) is 2.57. The Labute approximate surface area is 95.2 Å². The van der Waals surface area contributed by atoms with Crippen molar-refractivity contribution < 1.29 is 19.2 Å². The smallest absolute Gasteiger partial charge is 0.405 e. The van der Waals surface area contributed by atoms with E-state index < -0.39 is 23.1 Å². The molecule has 0 aromatic heterocycles. The van der Waals surface area contributed by atoms with E-state index >= 15 is 0 Å². The summed E-state index contributed by atoms with van der Waals surface area (Å²) in [5, 5.41) is 0. The molecule has 16 heavy (non-hydrogen) atoms. The molecule has 1 amide bonds. The first kappa shape index (κ1) is 14.7. The van der Waals surface area contributed by atoms with Gasteiger partial charge in [0.25, 0.3) is 0 Å². The summed E-state index contributed by atoms with van der Waals surface area (Å²) < 4.78 is 4.92. The number of nitrogens with two attached hydrogens (primary N) is 2. The molecule has 0 aromatic carbocycles. The Morgan fingerprint density at radius 3 is 2.06 bits per heavy atom. The van der Waals surface area contributed by atoms with E-state index in [-0.39, 0.29) is 6.42 Å². The van der Waals surface area contributed by atoms with E-state index in [0.29, 0.717) is 6.42 Å². The van der Waals surface area contributed by atoms with Crippen molar-refractivity contribution in [1.29, 1.82) is 0 Å². The quantitative estimate of drug-likeness (QED) is 0.690. The third-order valence-corrected chi connectivity index (χ3v) is 2.57. The second kappa shape index (κ2) is 5.16. The Kier molecular flexibility index (Phi) is 4.74. The monoisotopic (exact) mass is 232 g/mol. The van der Waals surface area contributed by atoms with Gasteiger partial charge in [0.1, 0.15) is 5.60 Å². The van der Waals surface area contributed by atoms with Crippen LogP contribution in [0.25, 0.3) is 0 Å². The SMILES string of the molecule is CCC(C)(CC(C)(C)OC(N)=O)C(=O)ON. The lowest BCUT2D eigenvalue weighted by Crippen LogP contribution is -2.41. The standard InChI is InChI=1S/C10H20N2O4/c1-5-10(4,7(13)16-12)6-9(2,3)15-8(11)14/h5-6,12H2,1-4H3,(H2,11,14). The molecule has 0 bridgehead atoms. The molecule has 0 saturated carbocycles. The van der Waals surface area contributed by atoms with Gasteiger partial charge in [-0.3, -0.25) is 0 Å². The molecule has 1 unspecified atom stereocenters. The molecule has 1 atom stereocenters. The summed E-state index contributed by atoms with van der Waals surface area (Å²) >= 11 is 0. The number of hydrogen-bond donors (Lipinski definition) is 2. The fourth-order valence-corrected chi connectivity index (χ4v) is 1.73. The van der Waals surface area contributed by atoms with Crippen LogP contribution in [0.3, 0.4) is 0 Å². The van der Waals surface area contributed by atoms with Gasteiger partial charge in [-0.05, 0) is 27.2 Å². The molecule has 0 spiro atoms. The summed E-state index contributed by atoms with van der Waals surface area (Å²) in [6, 6.07) is 0. The maximum Gasteiger partial charge on any atom is 0.405 e. The fourth-order valence-electron chi connectivity index (χ4n) is 1.73. The average molecular weight is 232 g/mol. The van der Waals surface area contributed by atoms with Crippen LogP contribution in [0.15, 0.2) is 0 Å². The van der Waals surface area contributed by atoms with E-state index in [4.69, 9.17) is 16.4 Å². The van der Waals surface area contributed by atoms with Crippen molar-refractivity contribution in [3.63, 3.8) is 0 Å². The third kappa shape index (κ3) is 4.06. The predicted molar refractivity (Wildman–Crippen MR) is 58.0 cm³/mol. The van der Waals surface area contributed by atoms with E-state index in [1.165, 1.54) is 0 Å². The molecule has 0 aromatic rings. The first-order valence-corrected chi connectivity index (χ1v) is 5.06. The van der Waals surface area contributed by atoms with Crippen LogP contribution < -0.4 is 11.6 Å². The molecule has 0 heterocycles. The van der Waals surface area contributed by atoms with E-state index in [1.807, 2.05) is 6.92 Å². The minimum absolute atomic E-state index is 0.287. The first-order chi connectivity index (χ1) is 7.17. The van der Waals surface area contributed by atoms with Gasteiger partial charge in [0.15, 0.2) is 0 Å². The molecule has 0 fully saturated rings. The molecule has 6 heteroatoms. The highest BCUT2D eigenvalue weighted by Gasteiger charge is 2.40. The molecule has 0 rings (SSSR count). The molecule has 0 aliphatic heterocycles. The highest BCUT2D eigenvalue weighted by atomic mass is 16.7. The van der Waals surface area contributed by atoms with Gasteiger partial charge in [-0.2, -0.15) is 5.90 Å². The number of amides is 1. The van der Waals surface area contributed by atoms with Gasteiger partial charge in [0.05, 0.1) is 5.41 Å². The number of rotatable bonds is 5. The van der Waals surface area contributed by atoms with E-state index in [9.17, 15) is 9.59 Å². The molecule has 0 radical (unpaired) electrons. The van der Waals surface area contributed by atoms with Crippen molar-refractivity contribution >= 4 is 12.1 Å². The second-order valence-electron chi connectivity index (χ2n) is 4.68. The maximum absolute atomic E-state index is 11.5. The molecule has 0 saturated heterocycles. The van der Waals surface area contributed by atoms with Crippen molar-refractivity contribution in [2.75, 3.05) is 0 Å². The van der Waals surface area contributed by atoms with Gasteiger partial charge < -0.3 is 15.3 Å². The Balaban J connectivity index is 4.76. The summed E-state index contributed by atoms with van der Waals surface area (Å²) in [4.78, 5) is 26.4. The molecular weight excluding hydrogens is 212 g/mol. The van der Waals surface area contributed by atoms with Gasteiger partial charge in [-0.15, -0.1) is 0 Å². The summed E-state index contributed by atoms with van der Waals surface area (Å²) in [7, 11) is 0. The van der Waals surface area contributed by atoms with Crippen LogP contribution in [0, 0.1) is 5.41 Å². The Hall–Kier alpha value is -1.30. The zero-order chi connectivity index (χ0) is 13.0. The highest BCUT2D eigenvalue weighted by molar-refractivity contribution is 5.76. The first-order valence-electron chi connectivity index (χ1n) is 5.06. The summed E-state index contributed by atoms with van der Waals surface area (Å²) in [5.41, 5.74) is 3.31. The number of carbonyl (C=O) groups excluding carboxylic acids is 2. The van der Waals surface area contributed by atoms with Crippen molar-refractivity contribution in [3.05, 3.63) is 0 Å².